The highest BCUT2D eigenvalue weighted by atomic mass is 28.3. The van der Waals surface area contributed by atoms with Gasteiger partial charge in [-0.15, -0.1) is 0 Å². The molecule has 1 nitrogen and oxygen atoms in total. The molecule has 36 valence electrons. The van der Waals surface area contributed by atoms with Crippen LogP contribution in [0.5, 0.6) is 0 Å². The molecule has 0 aromatic heterocycles. The molecule has 0 heterocycles. The van der Waals surface area contributed by atoms with Crippen LogP contribution in [-0.2, 0) is 0 Å². The third-order valence-corrected chi connectivity index (χ3v) is 1.41. The lowest BCUT2D eigenvalue weighted by Gasteiger charge is -1.83. The van der Waals surface area contributed by atoms with Crippen LogP contribution in [0, 0.1) is 0 Å². The van der Waals surface area contributed by atoms with Gasteiger partial charge in [-0.25, -0.2) is 0 Å². The molecule has 6 heavy (non-hydrogen) atoms. The Morgan fingerprint density at radius 3 is 2.00 bits per heavy atom. The van der Waals surface area contributed by atoms with Gasteiger partial charge in [-0.1, -0.05) is 18.8 Å². The Morgan fingerprint density at radius 2 is 2.00 bits per heavy atom. The third-order valence-electron chi connectivity index (χ3n) is 0.471. The van der Waals surface area contributed by atoms with Crippen LogP contribution < -0.4 is 0 Å². The van der Waals surface area contributed by atoms with Gasteiger partial charge in [0, 0.05) is 0 Å². The summed E-state index contributed by atoms with van der Waals surface area (Å²) >= 11 is 0. The van der Waals surface area contributed by atoms with Gasteiger partial charge in [0.25, 0.3) is 0 Å². The molecular weight excluding hydrogens is 92.1 g/mol. The second-order valence-electron chi connectivity index (χ2n) is 1.59. The van der Waals surface area contributed by atoms with E-state index in [2.05, 4.69) is 13.1 Å². The molecule has 2 heteroatoms. The van der Waals surface area contributed by atoms with Crippen molar-refractivity contribution in [2.24, 2.45) is 0 Å². The van der Waals surface area contributed by atoms with Gasteiger partial charge in [-0.05, 0) is 0 Å². The lowest BCUT2D eigenvalue weighted by atomic mass is 11.2. The second kappa shape index (κ2) is 2.97. The molecule has 0 radical (unpaired) electrons. The molecule has 1 N–H and O–H groups in total. The van der Waals surface area contributed by atoms with E-state index in [4.69, 9.17) is 5.11 Å². The van der Waals surface area contributed by atoms with Gasteiger partial charge in [-0.2, -0.15) is 0 Å². The van der Waals surface area contributed by atoms with Crippen LogP contribution in [0.3, 0.4) is 0 Å². The lowest BCUT2D eigenvalue weighted by molar-refractivity contribution is 0.474. The van der Waals surface area contributed by atoms with Crippen LogP contribution in [0.25, 0.3) is 0 Å². The van der Waals surface area contributed by atoms with Crippen molar-refractivity contribution >= 4 is 8.80 Å². The summed E-state index contributed by atoms with van der Waals surface area (Å²) in [5.41, 5.74) is 1.86. The molecule has 0 aliphatic heterocycles. The molecule has 0 spiro atoms. The summed E-state index contributed by atoms with van der Waals surface area (Å²) < 4.78 is 0. The molecule has 0 fully saturated rings. The second-order valence-corrected chi connectivity index (χ2v) is 4.46. The van der Waals surface area contributed by atoms with E-state index in [9.17, 15) is 0 Å². The molecule has 0 rings (SSSR count). The number of hydrogen-bond acceptors (Lipinski definition) is 1. The van der Waals surface area contributed by atoms with Gasteiger partial charge in [0.15, 0.2) is 0 Å². The van der Waals surface area contributed by atoms with Crippen LogP contribution in [-0.4, -0.2) is 13.9 Å². The van der Waals surface area contributed by atoms with Gasteiger partial charge in [0.2, 0.25) is 0 Å². The Balaban J connectivity index is 3.03. The van der Waals surface area contributed by atoms with Crippen molar-refractivity contribution in [2.45, 2.75) is 13.1 Å². The average Bonchev–Trinajstić information content (AvgIpc) is 1.35. The summed E-state index contributed by atoms with van der Waals surface area (Å²) in [7, 11) is -0.601. The first-order chi connectivity index (χ1) is 2.77. The molecule has 0 unspecified atom stereocenters. The Labute approximate surface area is 39.9 Å². The molecule has 0 atom stereocenters. The molecular formula is C4H10OSi. The van der Waals surface area contributed by atoms with E-state index in [0.29, 0.717) is 0 Å². The van der Waals surface area contributed by atoms with Crippen molar-refractivity contribution in [1.82, 2.24) is 0 Å². The molecule has 0 aromatic rings. The fraction of sp³-hybridized carbons (Fsp3) is 0.500. The summed E-state index contributed by atoms with van der Waals surface area (Å²) in [6, 6.07) is 0. The highest BCUT2D eigenvalue weighted by Crippen LogP contribution is 1.77. The van der Waals surface area contributed by atoms with Gasteiger partial charge in [0.1, 0.15) is 0 Å². The van der Waals surface area contributed by atoms with Crippen molar-refractivity contribution < 1.29 is 5.11 Å². The molecule has 0 amide bonds. The monoisotopic (exact) mass is 102 g/mol. The first-order valence-corrected chi connectivity index (χ1v) is 5.06. The van der Waals surface area contributed by atoms with Gasteiger partial charge < -0.3 is 5.11 Å². The zero-order valence-corrected chi connectivity index (χ0v) is 5.33. The maximum absolute atomic E-state index is 8.09. The first kappa shape index (κ1) is 5.76. The summed E-state index contributed by atoms with van der Waals surface area (Å²) in [4.78, 5) is 0. The van der Waals surface area contributed by atoms with Crippen LogP contribution >= 0.6 is 0 Å². The highest BCUT2D eigenvalue weighted by Gasteiger charge is 1.80. The minimum absolute atomic E-state index is 0.601. The van der Waals surface area contributed by atoms with E-state index < -0.39 is 8.80 Å². The van der Waals surface area contributed by atoms with Crippen LogP contribution in [0.1, 0.15) is 0 Å². The molecule has 0 aliphatic carbocycles. The van der Waals surface area contributed by atoms with E-state index in [1.807, 2.05) is 5.70 Å². The molecule has 0 bridgehead atoms. The molecule has 0 aromatic carbocycles. The average molecular weight is 102 g/mol. The zero-order chi connectivity index (χ0) is 4.99. The fourth-order valence-electron chi connectivity index (χ4n) is 0.172. The molecule has 0 aliphatic rings. The van der Waals surface area contributed by atoms with E-state index in [0.717, 1.165) is 6.26 Å². The Kier molecular flexibility index (Phi) is 2.85. The Bertz CT molecular complexity index is 49.5. The van der Waals surface area contributed by atoms with Crippen LogP contribution in [0.15, 0.2) is 12.0 Å². The minimum atomic E-state index is -0.601. The maximum atomic E-state index is 8.09. The topological polar surface area (TPSA) is 20.2 Å². The first-order valence-electron chi connectivity index (χ1n) is 2.08. The predicted molar refractivity (Wildman–Crippen MR) is 30.6 cm³/mol. The number of aliphatic hydroxyl groups is 1. The van der Waals surface area contributed by atoms with Gasteiger partial charge >= 0.3 is 0 Å². The smallest absolute Gasteiger partial charge is 0.0710 e. The number of hydrogen-bond donors (Lipinski definition) is 1. The Hall–Kier alpha value is -0.243. The summed E-state index contributed by atoms with van der Waals surface area (Å²) in [5, 5.41) is 8.09. The fourth-order valence-corrected chi connectivity index (χ4v) is 0.516. The van der Waals surface area contributed by atoms with Crippen LogP contribution in [0.2, 0.25) is 13.1 Å². The van der Waals surface area contributed by atoms with Crippen molar-refractivity contribution in [3.8, 4) is 0 Å². The van der Waals surface area contributed by atoms with Gasteiger partial charge in [0.05, 0.1) is 15.1 Å². The van der Waals surface area contributed by atoms with E-state index in [1.165, 1.54) is 0 Å². The Morgan fingerprint density at radius 1 is 1.50 bits per heavy atom. The lowest BCUT2D eigenvalue weighted by Crippen LogP contribution is -1.91. The van der Waals surface area contributed by atoms with Crippen molar-refractivity contribution in [3.05, 3.63) is 12.0 Å². The van der Waals surface area contributed by atoms with Crippen LogP contribution in [0.4, 0.5) is 0 Å². The van der Waals surface area contributed by atoms with E-state index in [1.54, 1.807) is 0 Å². The SMILES string of the molecule is C[SiH](C)C=CO. The van der Waals surface area contributed by atoms with Crippen molar-refractivity contribution in [2.75, 3.05) is 0 Å². The normalized spacial score (nSPS) is 11.2. The minimum Gasteiger partial charge on any atom is -0.516 e. The maximum Gasteiger partial charge on any atom is 0.0710 e. The standard InChI is InChI=1S/C4H10OSi/c1-6(2)4-3-5/h3-6H,1-2H3. The number of aliphatic hydroxyl groups excluding tert-OH is 1. The quantitative estimate of drug-likeness (QED) is 0.388. The third kappa shape index (κ3) is 3.76. The zero-order valence-electron chi connectivity index (χ0n) is 4.18. The molecule has 0 saturated heterocycles. The van der Waals surface area contributed by atoms with Crippen molar-refractivity contribution in [1.29, 1.82) is 0 Å². The van der Waals surface area contributed by atoms with Gasteiger partial charge in [-0.3, -0.25) is 0 Å². The number of rotatable bonds is 1. The highest BCUT2D eigenvalue weighted by molar-refractivity contribution is 6.61. The largest absolute Gasteiger partial charge is 0.516 e. The van der Waals surface area contributed by atoms with E-state index in [-0.39, 0.29) is 0 Å². The molecule has 0 saturated carbocycles. The van der Waals surface area contributed by atoms with E-state index >= 15 is 0 Å². The summed E-state index contributed by atoms with van der Waals surface area (Å²) in [6.07, 6.45) is 1.14. The summed E-state index contributed by atoms with van der Waals surface area (Å²) in [5.74, 6) is 0. The predicted octanol–water partition coefficient (Wildman–Crippen LogP) is 1.08. The van der Waals surface area contributed by atoms with Crippen molar-refractivity contribution in [3.63, 3.8) is 0 Å². The summed E-state index contributed by atoms with van der Waals surface area (Å²) in [6.45, 7) is 4.29.